The third-order valence-electron chi connectivity index (χ3n) is 4.03. The van der Waals surface area contributed by atoms with E-state index in [1.165, 1.54) is 0 Å². The van der Waals surface area contributed by atoms with Crippen LogP contribution in [0.3, 0.4) is 0 Å². The molecule has 3 heterocycles. The second-order valence-electron chi connectivity index (χ2n) is 5.79. The van der Waals surface area contributed by atoms with E-state index in [2.05, 4.69) is 20.1 Å². The number of carbonyl (C=O) groups excluding carboxylic acids is 1. The second kappa shape index (κ2) is 7.96. The molecule has 0 bridgehead atoms. The normalized spacial score (nSPS) is 17.9. The summed E-state index contributed by atoms with van der Waals surface area (Å²) in [5.74, 6) is 1.38. The highest BCUT2D eigenvalue weighted by Crippen LogP contribution is 2.21. The van der Waals surface area contributed by atoms with E-state index >= 15 is 0 Å². The van der Waals surface area contributed by atoms with E-state index in [0.29, 0.717) is 42.9 Å². The van der Waals surface area contributed by atoms with Crippen molar-refractivity contribution in [2.24, 2.45) is 5.92 Å². The molecule has 8 nitrogen and oxygen atoms in total. The molecule has 3 rings (SSSR count). The molecule has 1 aliphatic rings. The maximum Gasteiger partial charge on any atom is 0.248 e. The van der Waals surface area contributed by atoms with Gasteiger partial charge in [0.1, 0.15) is 12.3 Å². The third kappa shape index (κ3) is 4.14. The molecule has 0 aliphatic carbocycles. The third-order valence-corrected chi connectivity index (χ3v) is 4.03. The van der Waals surface area contributed by atoms with Crippen molar-refractivity contribution in [3.05, 3.63) is 24.5 Å². The van der Waals surface area contributed by atoms with Crippen molar-refractivity contribution >= 4 is 5.91 Å². The lowest BCUT2D eigenvalue weighted by molar-refractivity contribution is -0.137. The van der Waals surface area contributed by atoms with Crippen molar-refractivity contribution in [2.45, 2.75) is 26.2 Å². The molecule has 1 fully saturated rings. The van der Waals surface area contributed by atoms with Crippen LogP contribution >= 0.6 is 0 Å². The minimum atomic E-state index is 0.0485. The monoisotopic (exact) mass is 331 g/mol. The number of rotatable bonds is 6. The summed E-state index contributed by atoms with van der Waals surface area (Å²) >= 11 is 0. The molecule has 128 valence electrons. The van der Waals surface area contributed by atoms with Gasteiger partial charge in [-0.2, -0.15) is 4.98 Å². The molecular weight excluding hydrogens is 310 g/mol. The summed E-state index contributed by atoms with van der Waals surface area (Å²) in [5, 5.41) is 3.96. The molecule has 1 atom stereocenters. The van der Waals surface area contributed by atoms with Crippen molar-refractivity contribution in [1.29, 1.82) is 0 Å². The lowest BCUT2D eigenvalue weighted by Gasteiger charge is -2.32. The molecule has 2 aromatic heterocycles. The van der Waals surface area contributed by atoms with E-state index in [9.17, 15) is 4.79 Å². The first-order chi connectivity index (χ1) is 11.8. The predicted molar refractivity (Wildman–Crippen MR) is 84.8 cm³/mol. The highest BCUT2D eigenvalue weighted by molar-refractivity contribution is 5.77. The average Bonchev–Trinajstić information content (AvgIpc) is 3.09. The number of amides is 1. The summed E-state index contributed by atoms with van der Waals surface area (Å²) in [6.07, 6.45) is 7.47. The van der Waals surface area contributed by atoms with Crippen molar-refractivity contribution in [3.63, 3.8) is 0 Å². The fourth-order valence-corrected chi connectivity index (χ4v) is 2.84. The standard InChI is InChI=1S/C16H21N5O3/c1-2-23-11-15(22)21-7-3-4-12(10-21)8-14-19-16(20-24-14)13-9-17-5-6-18-13/h5-6,9,12H,2-4,7-8,10-11H2,1H3. The minimum Gasteiger partial charge on any atom is -0.372 e. The Morgan fingerprint density at radius 1 is 1.46 bits per heavy atom. The van der Waals surface area contributed by atoms with Crippen molar-refractivity contribution in [3.8, 4) is 11.5 Å². The summed E-state index contributed by atoms with van der Waals surface area (Å²) in [6, 6.07) is 0. The number of nitrogens with zero attached hydrogens (tertiary/aromatic N) is 5. The average molecular weight is 331 g/mol. The number of hydrogen-bond acceptors (Lipinski definition) is 7. The van der Waals surface area contributed by atoms with Gasteiger partial charge in [0, 0.05) is 38.5 Å². The van der Waals surface area contributed by atoms with Crippen molar-refractivity contribution in [1.82, 2.24) is 25.0 Å². The van der Waals surface area contributed by atoms with Gasteiger partial charge in [-0.25, -0.2) is 4.98 Å². The lowest BCUT2D eigenvalue weighted by atomic mass is 9.95. The maximum atomic E-state index is 12.1. The Morgan fingerprint density at radius 2 is 2.38 bits per heavy atom. The lowest BCUT2D eigenvalue weighted by Crippen LogP contribution is -2.42. The fourth-order valence-electron chi connectivity index (χ4n) is 2.84. The Labute approximate surface area is 140 Å². The molecule has 0 N–H and O–H groups in total. The largest absolute Gasteiger partial charge is 0.372 e. The number of carbonyl (C=O) groups is 1. The van der Waals surface area contributed by atoms with Crippen LogP contribution in [0.1, 0.15) is 25.7 Å². The first kappa shape index (κ1) is 16.5. The van der Waals surface area contributed by atoms with Crippen LogP contribution in [0.5, 0.6) is 0 Å². The quantitative estimate of drug-likeness (QED) is 0.788. The Morgan fingerprint density at radius 3 is 3.17 bits per heavy atom. The van der Waals surface area contributed by atoms with E-state index in [4.69, 9.17) is 9.26 Å². The summed E-state index contributed by atoms with van der Waals surface area (Å²) < 4.78 is 10.5. The topological polar surface area (TPSA) is 94.2 Å². The molecule has 8 heteroatoms. The van der Waals surface area contributed by atoms with Crippen LogP contribution in [-0.4, -0.2) is 57.2 Å². The number of hydrogen-bond donors (Lipinski definition) is 0. The molecule has 2 aromatic rings. The van der Waals surface area contributed by atoms with Gasteiger partial charge < -0.3 is 14.2 Å². The SMILES string of the molecule is CCOCC(=O)N1CCCC(Cc2nc(-c3cnccn3)no2)C1. The number of ether oxygens (including phenoxy) is 1. The van der Waals surface area contributed by atoms with E-state index < -0.39 is 0 Å². The molecule has 1 aliphatic heterocycles. The Hall–Kier alpha value is -2.35. The summed E-state index contributed by atoms with van der Waals surface area (Å²) in [6.45, 7) is 4.08. The van der Waals surface area contributed by atoms with Crippen LogP contribution in [0.2, 0.25) is 0 Å². The fraction of sp³-hybridized carbons (Fsp3) is 0.562. The smallest absolute Gasteiger partial charge is 0.248 e. The molecule has 0 radical (unpaired) electrons. The molecule has 1 saturated heterocycles. The van der Waals surface area contributed by atoms with Gasteiger partial charge in [0.2, 0.25) is 17.6 Å². The van der Waals surface area contributed by atoms with Gasteiger partial charge in [-0.15, -0.1) is 0 Å². The first-order valence-corrected chi connectivity index (χ1v) is 8.20. The van der Waals surface area contributed by atoms with Crippen LogP contribution in [0, 0.1) is 5.92 Å². The highest BCUT2D eigenvalue weighted by Gasteiger charge is 2.25. The Balaban J connectivity index is 1.58. The number of aromatic nitrogens is 4. The Bertz CT molecular complexity index is 661. The zero-order valence-electron chi connectivity index (χ0n) is 13.7. The summed E-state index contributed by atoms with van der Waals surface area (Å²) in [5.41, 5.74) is 0.588. The van der Waals surface area contributed by atoms with Gasteiger partial charge in [0.05, 0.1) is 6.20 Å². The molecular formula is C16H21N5O3. The van der Waals surface area contributed by atoms with Crippen LogP contribution in [0.4, 0.5) is 0 Å². The van der Waals surface area contributed by atoms with Crippen LogP contribution in [0.15, 0.2) is 23.1 Å². The zero-order chi connectivity index (χ0) is 16.8. The molecule has 0 spiro atoms. The number of likely N-dealkylation sites (tertiary alicyclic amines) is 1. The molecule has 0 aromatic carbocycles. The van der Waals surface area contributed by atoms with Gasteiger partial charge in [-0.05, 0) is 25.7 Å². The van der Waals surface area contributed by atoms with Crippen LogP contribution in [-0.2, 0) is 16.0 Å². The van der Waals surface area contributed by atoms with Crippen molar-refractivity contribution in [2.75, 3.05) is 26.3 Å². The second-order valence-corrected chi connectivity index (χ2v) is 5.79. The van der Waals surface area contributed by atoms with Gasteiger partial charge in [0.15, 0.2) is 0 Å². The van der Waals surface area contributed by atoms with Gasteiger partial charge in [-0.3, -0.25) is 9.78 Å². The van der Waals surface area contributed by atoms with Crippen LogP contribution in [0.25, 0.3) is 11.5 Å². The summed E-state index contributed by atoms with van der Waals surface area (Å²) in [7, 11) is 0. The van der Waals surface area contributed by atoms with Crippen molar-refractivity contribution < 1.29 is 14.1 Å². The van der Waals surface area contributed by atoms with E-state index in [1.807, 2.05) is 11.8 Å². The van der Waals surface area contributed by atoms with E-state index in [-0.39, 0.29) is 12.5 Å². The minimum absolute atomic E-state index is 0.0485. The molecule has 24 heavy (non-hydrogen) atoms. The van der Waals surface area contributed by atoms with Gasteiger partial charge >= 0.3 is 0 Å². The van der Waals surface area contributed by atoms with Gasteiger partial charge in [-0.1, -0.05) is 5.16 Å². The Kier molecular flexibility index (Phi) is 5.47. The first-order valence-electron chi connectivity index (χ1n) is 8.20. The van der Waals surface area contributed by atoms with Crippen LogP contribution < -0.4 is 0 Å². The molecule has 1 amide bonds. The zero-order valence-corrected chi connectivity index (χ0v) is 13.7. The number of piperidine rings is 1. The van der Waals surface area contributed by atoms with Gasteiger partial charge in [0.25, 0.3) is 0 Å². The van der Waals surface area contributed by atoms with E-state index in [0.717, 1.165) is 19.4 Å². The summed E-state index contributed by atoms with van der Waals surface area (Å²) in [4.78, 5) is 26.5. The maximum absolute atomic E-state index is 12.1. The molecule has 0 saturated carbocycles. The van der Waals surface area contributed by atoms with E-state index in [1.54, 1.807) is 18.6 Å². The molecule has 1 unspecified atom stereocenters. The highest BCUT2D eigenvalue weighted by atomic mass is 16.5. The predicted octanol–water partition coefficient (Wildman–Crippen LogP) is 1.34.